The van der Waals surface area contributed by atoms with Crippen LogP contribution in [0.3, 0.4) is 0 Å². The predicted octanol–water partition coefficient (Wildman–Crippen LogP) is 2.27. The molecular formula is C16H19ClN2O3. The minimum atomic E-state index is -0.0806. The van der Waals surface area contributed by atoms with Crippen molar-refractivity contribution >= 4 is 23.2 Å². The molecule has 1 fully saturated rings. The van der Waals surface area contributed by atoms with E-state index in [-0.39, 0.29) is 5.91 Å². The number of carbonyl (C=O) groups is 1. The lowest BCUT2D eigenvalue weighted by Gasteiger charge is -2.36. The third-order valence-corrected chi connectivity index (χ3v) is 4.14. The Labute approximate surface area is 135 Å². The summed E-state index contributed by atoms with van der Waals surface area (Å²) in [5, 5.41) is 0.726. The van der Waals surface area contributed by atoms with Gasteiger partial charge in [0.25, 0.3) is 5.91 Å². The summed E-state index contributed by atoms with van der Waals surface area (Å²) in [5.41, 5.74) is 1.09. The van der Waals surface area contributed by atoms with E-state index >= 15 is 0 Å². The highest BCUT2D eigenvalue weighted by molar-refractivity contribution is 6.30. The Kier molecular flexibility index (Phi) is 4.43. The molecule has 0 spiro atoms. The molecule has 2 heterocycles. The topological polar surface area (TPSA) is 42.0 Å². The van der Waals surface area contributed by atoms with E-state index in [1.165, 1.54) is 0 Å². The van der Waals surface area contributed by atoms with E-state index in [2.05, 4.69) is 4.90 Å². The summed E-state index contributed by atoms with van der Waals surface area (Å²) in [5.74, 6) is 0.846. The van der Waals surface area contributed by atoms with Crippen LogP contribution in [0.4, 0.5) is 5.69 Å². The Hall–Kier alpha value is -1.88. The minimum absolute atomic E-state index is 0.0806. The van der Waals surface area contributed by atoms with Crippen molar-refractivity contribution in [1.29, 1.82) is 0 Å². The second kappa shape index (κ2) is 6.48. The van der Waals surface area contributed by atoms with Gasteiger partial charge in [0, 0.05) is 36.9 Å². The van der Waals surface area contributed by atoms with Crippen LogP contribution in [-0.4, -0.2) is 50.2 Å². The lowest BCUT2D eigenvalue weighted by molar-refractivity contribution is -0.133. The number of allylic oxidation sites excluding steroid dienone is 1. The van der Waals surface area contributed by atoms with Crippen LogP contribution in [-0.2, 0) is 14.3 Å². The van der Waals surface area contributed by atoms with Gasteiger partial charge < -0.3 is 19.3 Å². The van der Waals surface area contributed by atoms with Crippen molar-refractivity contribution in [2.45, 2.75) is 6.92 Å². The molecule has 5 nitrogen and oxygen atoms in total. The number of nitrogens with zero attached hydrogens (tertiary/aromatic N) is 2. The zero-order chi connectivity index (χ0) is 15.5. The summed E-state index contributed by atoms with van der Waals surface area (Å²) in [4.78, 5) is 16.5. The van der Waals surface area contributed by atoms with Gasteiger partial charge in [-0.25, -0.2) is 0 Å². The van der Waals surface area contributed by atoms with Crippen molar-refractivity contribution in [3.63, 3.8) is 0 Å². The number of amides is 1. The maximum absolute atomic E-state index is 12.5. The molecule has 0 unspecified atom stereocenters. The lowest BCUT2D eigenvalue weighted by atomic mass is 10.2. The van der Waals surface area contributed by atoms with Gasteiger partial charge in [0.15, 0.2) is 0 Å². The van der Waals surface area contributed by atoms with Gasteiger partial charge in [0.1, 0.15) is 19.0 Å². The third kappa shape index (κ3) is 3.14. The molecule has 0 aliphatic carbocycles. The fraction of sp³-hybridized carbons (Fsp3) is 0.438. The monoisotopic (exact) mass is 322 g/mol. The quantitative estimate of drug-likeness (QED) is 0.837. The average Bonchev–Trinajstić information content (AvgIpc) is 2.55. The maximum Gasteiger partial charge on any atom is 0.292 e. The Morgan fingerprint density at radius 2 is 1.86 bits per heavy atom. The van der Waals surface area contributed by atoms with Gasteiger partial charge in [-0.1, -0.05) is 17.7 Å². The molecule has 2 aliphatic rings. The van der Waals surface area contributed by atoms with Gasteiger partial charge in [-0.05, 0) is 25.1 Å². The summed E-state index contributed by atoms with van der Waals surface area (Å²) < 4.78 is 10.9. The van der Waals surface area contributed by atoms with Crippen LogP contribution in [0, 0.1) is 0 Å². The fourth-order valence-corrected chi connectivity index (χ4v) is 2.89. The van der Waals surface area contributed by atoms with Crippen LogP contribution in [0.2, 0.25) is 5.02 Å². The van der Waals surface area contributed by atoms with Crippen LogP contribution in [0.15, 0.2) is 35.8 Å². The maximum atomic E-state index is 12.5. The number of carbonyl (C=O) groups excluding carboxylic acids is 1. The lowest BCUT2D eigenvalue weighted by Crippen LogP contribution is -2.49. The highest BCUT2D eigenvalue weighted by atomic mass is 35.5. The first-order valence-electron chi connectivity index (χ1n) is 7.41. The SMILES string of the molecule is CC1=C(C(=O)N2CCN(c3cccc(Cl)c3)CC2)OCCO1. The fourth-order valence-electron chi connectivity index (χ4n) is 2.70. The standard InChI is InChI=1S/C16H19ClN2O3/c1-12-15(22-10-9-21-12)16(20)19-7-5-18(6-8-19)14-4-2-3-13(17)11-14/h2-4,11H,5-10H2,1H3. The molecule has 0 radical (unpaired) electrons. The van der Waals surface area contributed by atoms with Crippen LogP contribution >= 0.6 is 11.6 Å². The van der Waals surface area contributed by atoms with Crippen molar-refractivity contribution in [2.24, 2.45) is 0 Å². The molecule has 1 amide bonds. The van der Waals surface area contributed by atoms with E-state index in [1.54, 1.807) is 6.92 Å². The highest BCUT2D eigenvalue weighted by Gasteiger charge is 2.28. The van der Waals surface area contributed by atoms with E-state index in [0.29, 0.717) is 37.8 Å². The van der Waals surface area contributed by atoms with E-state index < -0.39 is 0 Å². The summed E-state index contributed by atoms with van der Waals surface area (Å²) >= 11 is 6.03. The van der Waals surface area contributed by atoms with E-state index in [1.807, 2.05) is 29.2 Å². The number of hydrogen-bond donors (Lipinski definition) is 0. The summed E-state index contributed by atoms with van der Waals surface area (Å²) in [6, 6.07) is 7.79. The summed E-state index contributed by atoms with van der Waals surface area (Å²) in [7, 11) is 0. The Bertz CT molecular complexity index is 595. The molecule has 0 saturated carbocycles. The molecule has 2 aliphatic heterocycles. The van der Waals surface area contributed by atoms with Crippen molar-refractivity contribution in [3.05, 3.63) is 40.8 Å². The van der Waals surface area contributed by atoms with Crippen molar-refractivity contribution < 1.29 is 14.3 Å². The van der Waals surface area contributed by atoms with Crippen LogP contribution < -0.4 is 4.90 Å². The molecule has 1 saturated heterocycles. The normalized spacial score (nSPS) is 18.8. The molecule has 0 atom stereocenters. The smallest absolute Gasteiger partial charge is 0.292 e. The molecule has 0 aromatic heterocycles. The molecule has 1 aromatic carbocycles. The number of halogens is 1. The van der Waals surface area contributed by atoms with E-state index in [4.69, 9.17) is 21.1 Å². The van der Waals surface area contributed by atoms with E-state index in [9.17, 15) is 4.79 Å². The number of piperazine rings is 1. The van der Waals surface area contributed by atoms with Gasteiger partial charge in [-0.15, -0.1) is 0 Å². The van der Waals surface area contributed by atoms with Gasteiger partial charge in [-0.3, -0.25) is 4.79 Å². The predicted molar refractivity (Wildman–Crippen MR) is 84.8 cm³/mol. The molecule has 0 bridgehead atoms. The second-order valence-corrected chi connectivity index (χ2v) is 5.78. The Balaban J connectivity index is 1.63. The first kappa shape index (κ1) is 15.0. The van der Waals surface area contributed by atoms with Crippen molar-refractivity contribution in [1.82, 2.24) is 4.90 Å². The number of benzene rings is 1. The van der Waals surface area contributed by atoms with Crippen LogP contribution in [0.5, 0.6) is 0 Å². The largest absolute Gasteiger partial charge is 0.491 e. The molecule has 6 heteroatoms. The summed E-state index contributed by atoms with van der Waals surface area (Å²) in [6.07, 6.45) is 0. The van der Waals surface area contributed by atoms with Crippen LogP contribution in [0.1, 0.15) is 6.92 Å². The Morgan fingerprint density at radius 1 is 1.14 bits per heavy atom. The number of hydrogen-bond acceptors (Lipinski definition) is 4. The molecule has 118 valence electrons. The number of ether oxygens (including phenoxy) is 2. The first-order valence-corrected chi connectivity index (χ1v) is 7.79. The van der Waals surface area contributed by atoms with Gasteiger partial charge in [0.2, 0.25) is 5.76 Å². The molecule has 3 rings (SSSR count). The van der Waals surface area contributed by atoms with Crippen molar-refractivity contribution in [2.75, 3.05) is 44.3 Å². The third-order valence-electron chi connectivity index (χ3n) is 3.90. The Morgan fingerprint density at radius 3 is 2.55 bits per heavy atom. The molecule has 1 aromatic rings. The summed E-state index contributed by atoms with van der Waals surface area (Å²) in [6.45, 7) is 5.58. The van der Waals surface area contributed by atoms with Gasteiger partial charge in [0.05, 0.1) is 0 Å². The van der Waals surface area contributed by atoms with E-state index in [0.717, 1.165) is 23.8 Å². The average molecular weight is 323 g/mol. The molecule has 22 heavy (non-hydrogen) atoms. The highest BCUT2D eigenvalue weighted by Crippen LogP contribution is 2.22. The number of rotatable bonds is 2. The van der Waals surface area contributed by atoms with Crippen molar-refractivity contribution in [3.8, 4) is 0 Å². The zero-order valence-corrected chi connectivity index (χ0v) is 13.3. The first-order chi connectivity index (χ1) is 10.6. The number of anilines is 1. The van der Waals surface area contributed by atoms with Gasteiger partial charge >= 0.3 is 0 Å². The molecular weight excluding hydrogens is 304 g/mol. The minimum Gasteiger partial charge on any atom is -0.491 e. The second-order valence-electron chi connectivity index (χ2n) is 5.34. The zero-order valence-electron chi connectivity index (χ0n) is 12.5. The molecule has 0 N–H and O–H groups in total. The van der Waals surface area contributed by atoms with Gasteiger partial charge in [-0.2, -0.15) is 0 Å². The van der Waals surface area contributed by atoms with Crippen LogP contribution in [0.25, 0.3) is 0 Å².